The van der Waals surface area contributed by atoms with Crippen LogP contribution in [-0.2, 0) is 16.1 Å². The predicted octanol–water partition coefficient (Wildman–Crippen LogP) is 1.47. The summed E-state index contributed by atoms with van der Waals surface area (Å²) in [6, 6.07) is 4.81. The summed E-state index contributed by atoms with van der Waals surface area (Å²) in [6.07, 6.45) is 4.53. The molecule has 2 amide bonds. The highest BCUT2D eigenvalue weighted by atomic mass is 35.5. The molecule has 9 nitrogen and oxygen atoms in total. The maximum atomic E-state index is 13.0. The third kappa shape index (κ3) is 4.04. The minimum Gasteiger partial charge on any atom is -0.383 e. The number of nitrogens with one attached hydrogen (secondary N) is 1. The minimum absolute atomic E-state index is 0.0642. The number of carbonyl (C=O) groups excluding carboxylic acids is 2. The summed E-state index contributed by atoms with van der Waals surface area (Å²) in [4.78, 5) is 27.7. The number of aliphatic hydroxyl groups is 1. The molecular weight excluding hydrogens is 420 g/mol. The molecule has 4 atom stereocenters. The van der Waals surface area contributed by atoms with E-state index in [0.29, 0.717) is 29.5 Å². The van der Waals surface area contributed by atoms with Crippen molar-refractivity contribution in [1.82, 2.24) is 30.4 Å². The molecule has 0 bridgehead atoms. The molecule has 2 heterocycles. The van der Waals surface area contributed by atoms with E-state index in [1.165, 1.54) is 11.0 Å². The number of hydrogen-bond acceptors (Lipinski definition) is 6. The number of rotatable bonds is 7. The van der Waals surface area contributed by atoms with E-state index in [-0.39, 0.29) is 29.8 Å². The zero-order valence-corrected chi connectivity index (χ0v) is 18.0. The number of hydrogen-bond donors (Lipinski definition) is 2. The van der Waals surface area contributed by atoms with Crippen LogP contribution in [0.15, 0.2) is 24.5 Å². The van der Waals surface area contributed by atoms with Crippen molar-refractivity contribution in [2.45, 2.75) is 63.8 Å². The largest absolute Gasteiger partial charge is 0.383 e. The van der Waals surface area contributed by atoms with Gasteiger partial charge < -0.3 is 15.3 Å². The van der Waals surface area contributed by atoms with Crippen LogP contribution in [-0.4, -0.2) is 60.2 Å². The van der Waals surface area contributed by atoms with Crippen LogP contribution in [0, 0.1) is 11.3 Å². The molecule has 2 aromatic rings. The monoisotopic (exact) mass is 444 g/mol. The van der Waals surface area contributed by atoms with Gasteiger partial charge in [0.2, 0.25) is 5.91 Å². The average Bonchev–Trinajstić information content (AvgIpc) is 3.54. The Bertz CT molecular complexity index is 1010. The van der Waals surface area contributed by atoms with Crippen LogP contribution in [0.4, 0.5) is 0 Å². The van der Waals surface area contributed by atoms with Crippen LogP contribution >= 0.6 is 11.6 Å². The number of halogens is 1. The zero-order chi connectivity index (χ0) is 21.8. The molecule has 3 fully saturated rings. The van der Waals surface area contributed by atoms with E-state index in [9.17, 15) is 14.7 Å². The standard InChI is InChI=1S/C21H25ClN6O3/c1-21(4-5-21)9-18(29)20(31)28-16-7-12(16)8-17(28)19(30)23-10-13-6-14(22)2-3-15(13)27-11-24-25-26-27/h2-3,6,11-12,16-18,29H,4-5,7-10H2,1H3,(H,23,30)/t12-,16-,17+,18+/m1/s1. The number of carbonyl (C=O) groups is 2. The lowest BCUT2D eigenvalue weighted by molar-refractivity contribution is -0.147. The number of amides is 2. The Hall–Kier alpha value is -2.52. The Balaban J connectivity index is 1.27. The molecule has 0 unspecified atom stereocenters. The summed E-state index contributed by atoms with van der Waals surface area (Å²) in [6.45, 7) is 2.31. The average molecular weight is 445 g/mol. The smallest absolute Gasteiger partial charge is 0.252 e. The van der Waals surface area contributed by atoms with E-state index in [1.807, 2.05) is 0 Å². The summed E-state index contributed by atoms with van der Waals surface area (Å²) in [5.41, 5.74) is 1.54. The molecule has 2 N–H and O–H groups in total. The molecule has 3 aliphatic rings. The molecule has 0 spiro atoms. The zero-order valence-electron chi connectivity index (χ0n) is 17.2. The second-order valence-electron chi connectivity index (χ2n) is 9.34. The molecular formula is C21H25ClN6O3. The fourth-order valence-electron chi connectivity index (χ4n) is 4.64. The highest BCUT2D eigenvalue weighted by Crippen LogP contribution is 2.51. The Labute approximate surface area is 184 Å². The summed E-state index contributed by atoms with van der Waals surface area (Å²) in [5, 5.41) is 25.2. The second kappa shape index (κ2) is 7.56. The SMILES string of the molecule is CC1(C[C@H](O)C(=O)N2[C@@H]3C[C@@H]3C[C@H]2C(=O)NCc2cc(Cl)ccc2-n2cnnn2)CC1. The van der Waals surface area contributed by atoms with Gasteiger partial charge in [-0.2, -0.15) is 0 Å². The van der Waals surface area contributed by atoms with Gasteiger partial charge in [-0.15, -0.1) is 5.10 Å². The van der Waals surface area contributed by atoms with Gasteiger partial charge >= 0.3 is 0 Å². The normalized spacial score (nSPS) is 26.3. The number of aromatic nitrogens is 4. The summed E-state index contributed by atoms with van der Waals surface area (Å²) in [7, 11) is 0. The lowest BCUT2D eigenvalue weighted by Crippen LogP contribution is -2.51. The first kappa shape index (κ1) is 20.4. The van der Waals surface area contributed by atoms with Crippen LogP contribution in [0.2, 0.25) is 5.02 Å². The lowest BCUT2D eigenvalue weighted by atomic mass is 9.99. The van der Waals surface area contributed by atoms with Crippen LogP contribution in [0.5, 0.6) is 0 Å². The number of nitrogens with zero attached hydrogens (tertiary/aromatic N) is 5. The molecule has 164 valence electrons. The maximum absolute atomic E-state index is 13.0. The topological polar surface area (TPSA) is 113 Å². The number of benzene rings is 1. The van der Waals surface area contributed by atoms with Crippen molar-refractivity contribution in [2.75, 3.05) is 0 Å². The predicted molar refractivity (Wildman–Crippen MR) is 111 cm³/mol. The molecule has 1 aromatic carbocycles. The van der Waals surface area contributed by atoms with Gasteiger partial charge in [-0.25, -0.2) is 4.68 Å². The van der Waals surface area contributed by atoms with Gasteiger partial charge in [0.15, 0.2) is 0 Å². The number of likely N-dealkylation sites (tertiary alicyclic amines) is 1. The molecule has 1 aromatic heterocycles. The van der Waals surface area contributed by atoms with E-state index >= 15 is 0 Å². The number of piperidine rings is 1. The fraction of sp³-hybridized carbons (Fsp3) is 0.571. The van der Waals surface area contributed by atoms with Gasteiger partial charge in [0.25, 0.3) is 5.91 Å². The lowest BCUT2D eigenvalue weighted by Gasteiger charge is -2.29. The molecule has 2 saturated carbocycles. The number of aliphatic hydroxyl groups excluding tert-OH is 1. The summed E-state index contributed by atoms with van der Waals surface area (Å²) < 4.78 is 1.51. The van der Waals surface area contributed by atoms with Crippen molar-refractivity contribution >= 4 is 23.4 Å². The first-order valence-electron chi connectivity index (χ1n) is 10.6. The highest BCUT2D eigenvalue weighted by Gasteiger charge is 2.57. The summed E-state index contributed by atoms with van der Waals surface area (Å²) in [5.74, 6) is -0.171. The minimum atomic E-state index is -1.04. The highest BCUT2D eigenvalue weighted by molar-refractivity contribution is 6.30. The van der Waals surface area contributed by atoms with Crippen LogP contribution < -0.4 is 5.32 Å². The van der Waals surface area contributed by atoms with E-state index in [0.717, 1.165) is 24.8 Å². The van der Waals surface area contributed by atoms with Gasteiger partial charge in [-0.3, -0.25) is 9.59 Å². The van der Waals surface area contributed by atoms with Crippen molar-refractivity contribution < 1.29 is 14.7 Å². The van der Waals surface area contributed by atoms with Crippen molar-refractivity contribution in [3.05, 3.63) is 35.1 Å². The maximum Gasteiger partial charge on any atom is 0.252 e. The first-order valence-corrected chi connectivity index (χ1v) is 11.0. The Morgan fingerprint density at radius 1 is 1.35 bits per heavy atom. The van der Waals surface area contributed by atoms with Gasteiger partial charge in [0, 0.05) is 17.6 Å². The third-order valence-corrected chi connectivity index (χ3v) is 7.06. The van der Waals surface area contributed by atoms with Crippen LogP contribution in [0.25, 0.3) is 5.69 Å². The van der Waals surface area contributed by atoms with Crippen molar-refractivity contribution in [3.63, 3.8) is 0 Å². The van der Waals surface area contributed by atoms with E-state index in [4.69, 9.17) is 11.6 Å². The van der Waals surface area contributed by atoms with Crippen LogP contribution in [0.1, 0.15) is 44.6 Å². The summed E-state index contributed by atoms with van der Waals surface area (Å²) >= 11 is 6.15. The molecule has 1 saturated heterocycles. The van der Waals surface area contributed by atoms with Gasteiger partial charge in [-0.05, 0) is 77.6 Å². The number of fused-ring (bicyclic) bond motifs is 1. The molecule has 31 heavy (non-hydrogen) atoms. The van der Waals surface area contributed by atoms with Gasteiger partial charge in [0.1, 0.15) is 18.5 Å². The quantitative estimate of drug-likeness (QED) is 0.668. The molecule has 1 aliphatic heterocycles. The van der Waals surface area contributed by atoms with Crippen molar-refractivity contribution in [3.8, 4) is 5.69 Å². The van der Waals surface area contributed by atoms with E-state index < -0.39 is 12.1 Å². The Morgan fingerprint density at radius 3 is 2.87 bits per heavy atom. The Morgan fingerprint density at radius 2 is 2.16 bits per heavy atom. The molecule has 5 rings (SSSR count). The molecule has 10 heteroatoms. The van der Waals surface area contributed by atoms with Gasteiger partial charge in [-0.1, -0.05) is 18.5 Å². The van der Waals surface area contributed by atoms with E-state index in [2.05, 4.69) is 27.8 Å². The number of tetrazole rings is 1. The first-order chi connectivity index (χ1) is 14.8. The van der Waals surface area contributed by atoms with E-state index in [1.54, 1.807) is 23.1 Å². The molecule has 0 radical (unpaired) electrons. The Kier molecular flexibility index (Phi) is 4.97. The second-order valence-corrected chi connectivity index (χ2v) is 9.77. The third-order valence-electron chi connectivity index (χ3n) is 6.83. The van der Waals surface area contributed by atoms with Crippen LogP contribution in [0.3, 0.4) is 0 Å². The molecule has 2 aliphatic carbocycles. The van der Waals surface area contributed by atoms with Crippen molar-refractivity contribution in [1.29, 1.82) is 0 Å². The van der Waals surface area contributed by atoms with Crippen molar-refractivity contribution in [2.24, 2.45) is 11.3 Å². The fourth-order valence-corrected chi connectivity index (χ4v) is 4.84. The van der Waals surface area contributed by atoms with Gasteiger partial charge in [0.05, 0.1) is 5.69 Å².